The van der Waals surface area contributed by atoms with E-state index >= 15 is 0 Å². The number of carbonyl (C=O) groups excluding carboxylic acids is 1. The fourth-order valence-electron chi connectivity index (χ4n) is 2.36. The van der Waals surface area contributed by atoms with Crippen LogP contribution in [0.2, 0.25) is 0 Å². The van der Waals surface area contributed by atoms with Gasteiger partial charge in [0.15, 0.2) is 5.82 Å². The number of unbranched alkanes of at least 4 members (excludes halogenated alkanes) is 2. The van der Waals surface area contributed by atoms with Gasteiger partial charge in [-0.3, -0.25) is 4.79 Å². The lowest BCUT2D eigenvalue weighted by atomic mass is 10.2. The zero-order valence-corrected chi connectivity index (χ0v) is 15.4. The minimum absolute atomic E-state index is 0.114. The standard InChI is InChI=1S/C20H28N4O/c1-4-6-10-13-21-18-14-17(20(25)22-15(3)5-2)23-19(24-18)16-11-8-7-9-12-16/h7-9,11-12,14-15H,4-6,10,13H2,1-3H3,(H,22,25)(H,21,23,24). The first-order valence-corrected chi connectivity index (χ1v) is 9.13. The summed E-state index contributed by atoms with van der Waals surface area (Å²) in [4.78, 5) is 21.5. The third-order valence-electron chi connectivity index (χ3n) is 4.07. The van der Waals surface area contributed by atoms with Gasteiger partial charge in [0.1, 0.15) is 11.5 Å². The lowest BCUT2D eigenvalue weighted by molar-refractivity contribution is 0.0934. The Morgan fingerprint density at radius 3 is 2.56 bits per heavy atom. The van der Waals surface area contributed by atoms with Crippen LogP contribution in [0.15, 0.2) is 36.4 Å². The normalized spacial score (nSPS) is 11.8. The third kappa shape index (κ3) is 5.85. The van der Waals surface area contributed by atoms with Crippen LogP contribution in [0.3, 0.4) is 0 Å². The van der Waals surface area contributed by atoms with Crippen LogP contribution < -0.4 is 10.6 Å². The number of nitrogens with one attached hydrogen (secondary N) is 2. The predicted octanol–water partition coefficient (Wildman–Crippen LogP) is 4.27. The van der Waals surface area contributed by atoms with Gasteiger partial charge in [-0.05, 0) is 19.8 Å². The molecule has 1 unspecified atom stereocenters. The molecule has 1 aromatic carbocycles. The van der Waals surface area contributed by atoms with Gasteiger partial charge >= 0.3 is 0 Å². The van der Waals surface area contributed by atoms with E-state index in [1.165, 1.54) is 12.8 Å². The van der Waals surface area contributed by atoms with E-state index in [0.29, 0.717) is 17.3 Å². The second-order valence-corrected chi connectivity index (χ2v) is 6.24. The minimum Gasteiger partial charge on any atom is -0.370 e. The molecule has 0 saturated carbocycles. The van der Waals surface area contributed by atoms with Crippen LogP contribution in [0.5, 0.6) is 0 Å². The predicted molar refractivity (Wildman–Crippen MR) is 103 cm³/mol. The molecule has 5 heteroatoms. The second-order valence-electron chi connectivity index (χ2n) is 6.24. The van der Waals surface area contributed by atoms with Gasteiger partial charge in [0.25, 0.3) is 5.91 Å². The van der Waals surface area contributed by atoms with E-state index in [9.17, 15) is 4.79 Å². The Balaban J connectivity index is 2.26. The second kappa shape index (κ2) is 9.77. The number of nitrogens with zero attached hydrogens (tertiary/aromatic N) is 2. The van der Waals surface area contributed by atoms with Crippen molar-refractivity contribution >= 4 is 11.7 Å². The zero-order chi connectivity index (χ0) is 18.1. The third-order valence-corrected chi connectivity index (χ3v) is 4.07. The fourth-order valence-corrected chi connectivity index (χ4v) is 2.36. The van der Waals surface area contributed by atoms with E-state index in [2.05, 4.69) is 27.5 Å². The van der Waals surface area contributed by atoms with Crippen molar-refractivity contribution in [3.63, 3.8) is 0 Å². The number of hydrogen-bond acceptors (Lipinski definition) is 4. The highest BCUT2D eigenvalue weighted by atomic mass is 16.1. The summed E-state index contributed by atoms with van der Waals surface area (Å²) in [5, 5.41) is 6.29. The molecular weight excluding hydrogens is 312 g/mol. The van der Waals surface area contributed by atoms with Gasteiger partial charge in [0.2, 0.25) is 0 Å². The molecule has 1 amide bonds. The van der Waals surface area contributed by atoms with Gasteiger partial charge in [-0.1, -0.05) is 57.0 Å². The van der Waals surface area contributed by atoms with Gasteiger partial charge in [0.05, 0.1) is 0 Å². The molecule has 0 radical (unpaired) electrons. The minimum atomic E-state index is -0.162. The first-order valence-electron chi connectivity index (χ1n) is 9.13. The molecule has 2 rings (SSSR count). The smallest absolute Gasteiger partial charge is 0.270 e. The fraction of sp³-hybridized carbons (Fsp3) is 0.450. The molecule has 2 aromatic rings. The molecule has 0 saturated heterocycles. The van der Waals surface area contributed by atoms with Crippen molar-refractivity contribution < 1.29 is 4.79 Å². The molecular formula is C20H28N4O. The zero-order valence-electron chi connectivity index (χ0n) is 15.4. The van der Waals surface area contributed by atoms with Crippen molar-refractivity contribution in [1.82, 2.24) is 15.3 Å². The first kappa shape index (κ1) is 18.9. The molecule has 25 heavy (non-hydrogen) atoms. The Morgan fingerprint density at radius 2 is 1.88 bits per heavy atom. The highest BCUT2D eigenvalue weighted by Gasteiger charge is 2.14. The van der Waals surface area contributed by atoms with Crippen LogP contribution in [0.4, 0.5) is 5.82 Å². The van der Waals surface area contributed by atoms with E-state index < -0.39 is 0 Å². The van der Waals surface area contributed by atoms with Crippen LogP contribution in [0, 0.1) is 0 Å². The Hall–Kier alpha value is -2.43. The average molecular weight is 340 g/mol. The molecule has 0 spiro atoms. The van der Waals surface area contributed by atoms with Crippen molar-refractivity contribution in [1.29, 1.82) is 0 Å². The maximum Gasteiger partial charge on any atom is 0.270 e. The van der Waals surface area contributed by atoms with E-state index in [1.807, 2.05) is 44.2 Å². The summed E-state index contributed by atoms with van der Waals surface area (Å²) in [6.07, 6.45) is 4.30. The van der Waals surface area contributed by atoms with Crippen LogP contribution in [-0.4, -0.2) is 28.5 Å². The molecule has 0 aliphatic carbocycles. The lowest BCUT2D eigenvalue weighted by Crippen LogP contribution is -2.32. The molecule has 1 heterocycles. The molecule has 5 nitrogen and oxygen atoms in total. The van der Waals surface area contributed by atoms with Gasteiger partial charge in [0, 0.05) is 24.2 Å². The molecule has 0 aliphatic heterocycles. The molecule has 0 aliphatic rings. The Kier molecular flexibility index (Phi) is 7.38. The average Bonchev–Trinajstić information content (AvgIpc) is 2.65. The SMILES string of the molecule is CCCCCNc1cc(C(=O)NC(C)CC)nc(-c2ccccc2)n1. The Morgan fingerprint density at radius 1 is 1.12 bits per heavy atom. The Bertz CT molecular complexity index is 673. The molecule has 1 atom stereocenters. The number of aromatic nitrogens is 2. The Labute approximate surface area is 150 Å². The summed E-state index contributed by atoms with van der Waals surface area (Å²) in [5.74, 6) is 1.10. The van der Waals surface area contributed by atoms with Gasteiger partial charge in [-0.2, -0.15) is 0 Å². The number of rotatable bonds is 9. The van der Waals surface area contributed by atoms with Crippen molar-refractivity contribution in [3.05, 3.63) is 42.1 Å². The summed E-state index contributed by atoms with van der Waals surface area (Å²) in [5.41, 5.74) is 1.30. The molecule has 2 N–H and O–H groups in total. The van der Waals surface area contributed by atoms with Crippen LogP contribution >= 0.6 is 0 Å². The number of carbonyl (C=O) groups is 1. The highest BCUT2D eigenvalue weighted by molar-refractivity contribution is 5.93. The van der Waals surface area contributed by atoms with Gasteiger partial charge in [-0.15, -0.1) is 0 Å². The molecule has 0 fully saturated rings. The molecule has 134 valence electrons. The van der Waals surface area contributed by atoms with Crippen molar-refractivity contribution in [2.45, 2.75) is 52.5 Å². The van der Waals surface area contributed by atoms with Crippen LogP contribution in [0.25, 0.3) is 11.4 Å². The highest BCUT2D eigenvalue weighted by Crippen LogP contribution is 2.18. The topological polar surface area (TPSA) is 66.9 Å². The molecule has 1 aromatic heterocycles. The molecule has 0 bridgehead atoms. The van der Waals surface area contributed by atoms with E-state index in [0.717, 1.165) is 24.9 Å². The van der Waals surface area contributed by atoms with Crippen LogP contribution in [0.1, 0.15) is 56.9 Å². The maximum atomic E-state index is 12.5. The number of anilines is 1. The monoisotopic (exact) mass is 340 g/mol. The first-order chi connectivity index (χ1) is 12.1. The van der Waals surface area contributed by atoms with Gasteiger partial charge < -0.3 is 10.6 Å². The maximum absolute atomic E-state index is 12.5. The lowest BCUT2D eigenvalue weighted by Gasteiger charge is -2.13. The number of hydrogen-bond donors (Lipinski definition) is 2. The summed E-state index contributed by atoms with van der Waals surface area (Å²) in [6.45, 7) is 7.04. The summed E-state index contributed by atoms with van der Waals surface area (Å²) < 4.78 is 0. The number of amides is 1. The van der Waals surface area contributed by atoms with Gasteiger partial charge in [-0.25, -0.2) is 9.97 Å². The van der Waals surface area contributed by atoms with E-state index in [-0.39, 0.29) is 11.9 Å². The summed E-state index contributed by atoms with van der Waals surface area (Å²) >= 11 is 0. The van der Waals surface area contributed by atoms with Crippen molar-refractivity contribution in [2.24, 2.45) is 0 Å². The van der Waals surface area contributed by atoms with Crippen LogP contribution in [-0.2, 0) is 0 Å². The summed E-state index contributed by atoms with van der Waals surface area (Å²) in [6, 6.07) is 11.6. The van der Waals surface area contributed by atoms with E-state index in [1.54, 1.807) is 6.07 Å². The summed E-state index contributed by atoms with van der Waals surface area (Å²) in [7, 11) is 0. The van der Waals surface area contributed by atoms with Crippen molar-refractivity contribution in [2.75, 3.05) is 11.9 Å². The van der Waals surface area contributed by atoms with Crippen molar-refractivity contribution in [3.8, 4) is 11.4 Å². The largest absolute Gasteiger partial charge is 0.370 e. The van der Waals surface area contributed by atoms with E-state index in [4.69, 9.17) is 0 Å². The quantitative estimate of drug-likeness (QED) is 0.669. The number of benzene rings is 1.